The highest BCUT2D eigenvalue weighted by atomic mass is 32.1. The monoisotopic (exact) mass is 395 g/mol. The average Bonchev–Trinajstić information content (AvgIpc) is 3.16. The summed E-state index contributed by atoms with van der Waals surface area (Å²) in [5.74, 6) is -0.186. The quantitative estimate of drug-likeness (QED) is 0.644. The maximum Gasteiger partial charge on any atom is 0.272 e. The standard InChI is InChI=1S/C21H25N5OS/c1-15-7-4-5-13-26(15)14-6-10-24-20(27)18-19(23-12-11-22-18)21-25-16-8-2-3-9-17(16)28-21/h2-3,8-9,11-12,15H,4-7,10,13-14H2,1H3,(H,24,27)/t15-/m1/s1. The SMILES string of the molecule is C[C@@H]1CCCCN1CCCNC(=O)c1nccnc1-c1nc2ccccc2s1. The molecule has 28 heavy (non-hydrogen) atoms. The van der Waals surface area contributed by atoms with E-state index >= 15 is 0 Å². The summed E-state index contributed by atoms with van der Waals surface area (Å²) in [7, 11) is 0. The number of hydrogen-bond donors (Lipinski definition) is 1. The second-order valence-electron chi connectivity index (χ2n) is 7.23. The summed E-state index contributed by atoms with van der Waals surface area (Å²) in [6.45, 7) is 5.12. The van der Waals surface area contributed by atoms with Gasteiger partial charge in [-0.05, 0) is 44.9 Å². The van der Waals surface area contributed by atoms with E-state index in [1.54, 1.807) is 12.4 Å². The van der Waals surface area contributed by atoms with Crippen molar-refractivity contribution in [2.45, 2.75) is 38.6 Å². The summed E-state index contributed by atoms with van der Waals surface area (Å²) in [4.78, 5) is 28.5. The van der Waals surface area contributed by atoms with Gasteiger partial charge in [0.2, 0.25) is 0 Å². The number of nitrogens with zero attached hydrogens (tertiary/aromatic N) is 4. The molecule has 0 unspecified atom stereocenters. The topological polar surface area (TPSA) is 71.0 Å². The van der Waals surface area contributed by atoms with Gasteiger partial charge in [0.25, 0.3) is 5.91 Å². The molecule has 1 saturated heterocycles. The van der Waals surface area contributed by atoms with Crippen LogP contribution in [-0.2, 0) is 0 Å². The molecular formula is C21H25N5OS. The van der Waals surface area contributed by atoms with E-state index in [2.05, 4.69) is 32.1 Å². The highest BCUT2D eigenvalue weighted by Gasteiger charge is 2.20. The summed E-state index contributed by atoms with van der Waals surface area (Å²) >= 11 is 1.53. The summed E-state index contributed by atoms with van der Waals surface area (Å²) in [6.07, 6.45) is 7.98. The van der Waals surface area contributed by atoms with Crippen LogP contribution in [0.25, 0.3) is 20.9 Å². The van der Waals surface area contributed by atoms with Crippen molar-refractivity contribution < 1.29 is 4.79 Å². The Labute approximate surface area is 169 Å². The number of nitrogens with one attached hydrogen (secondary N) is 1. The first kappa shape index (κ1) is 19.0. The Hall–Kier alpha value is -2.38. The average molecular weight is 396 g/mol. The molecule has 1 atom stereocenters. The van der Waals surface area contributed by atoms with Crippen LogP contribution in [0.5, 0.6) is 0 Å². The molecule has 2 aromatic heterocycles. The zero-order chi connectivity index (χ0) is 19.3. The summed E-state index contributed by atoms with van der Waals surface area (Å²) in [5, 5.41) is 3.73. The number of amides is 1. The summed E-state index contributed by atoms with van der Waals surface area (Å²) in [6, 6.07) is 8.58. The highest BCUT2D eigenvalue weighted by Crippen LogP contribution is 2.30. The van der Waals surface area contributed by atoms with Crippen LogP contribution in [0.3, 0.4) is 0 Å². The number of piperidine rings is 1. The number of likely N-dealkylation sites (tertiary alicyclic amines) is 1. The van der Waals surface area contributed by atoms with Gasteiger partial charge in [0.1, 0.15) is 10.7 Å². The van der Waals surface area contributed by atoms with E-state index in [0.717, 1.165) is 28.2 Å². The third-order valence-electron chi connectivity index (χ3n) is 5.26. The minimum absolute atomic E-state index is 0.186. The lowest BCUT2D eigenvalue weighted by Gasteiger charge is -2.33. The van der Waals surface area contributed by atoms with Crippen LogP contribution in [0.4, 0.5) is 0 Å². The van der Waals surface area contributed by atoms with Gasteiger partial charge >= 0.3 is 0 Å². The van der Waals surface area contributed by atoms with Crippen molar-refractivity contribution in [1.29, 1.82) is 0 Å². The molecule has 1 fully saturated rings. The molecule has 146 valence electrons. The van der Waals surface area contributed by atoms with Gasteiger partial charge in [-0.3, -0.25) is 4.79 Å². The molecule has 3 aromatic rings. The Bertz CT molecular complexity index is 924. The number of hydrogen-bond acceptors (Lipinski definition) is 6. The lowest BCUT2D eigenvalue weighted by atomic mass is 10.0. The van der Waals surface area contributed by atoms with Gasteiger partial charge in [-0.2, -0.15) is 0 Å². The third-order valence-corrected chi connectivity index (χ3v) is 6.30. The van der Waals surface area contributed by atoms with E-state index in [-0.39, 0.29) is 5.91 Å². The first-order valence-electron chi connectivity index (χ1n) is 9.91. The predicted molar refractivity (Wildman–Crippen MR) is 112 cm³/mol. The normalized spacial score (nSPS) is 17.7. The lowest BCUT2D eigenvalue weighted by molar-refractivity contribution is 0.0944. The number of rotatable bonds is 6. The summed E-state index contributed by atoms with van der Waals surface area (Å²) in [5.41, 5.74) is 1.80. The molecule has 7 heteroatoms. The van der Waals surface area contributed by atoms with Crippen LogP contribution < -0.4 is 5.32 Å². The Balaban J connectivity index is 1.40. The largest absolute Gasteiger partial charge is 0.351 e. The van der Waals surface area contributed by atoms with Crippen LogP contribution in [0.2, 0.25) is 0 Å². The van der Waals surface area contributed by atoms with Crippen LogP contribution in [0.15, 0.2) is 36.7 Å². The second kappa shape index (κ2) is 8.75. The number of carbonyl (C=O) groups excluding carboxylic acids is 1. The Morgan fingerprint density at radius 1 is 1.25 bits per heavy atom. The van der Waals surface area contributed by atoms with E-state index < -0.39 is 0 Å². The molecule has 0 bridgehead atoms. The molecule has 1 N–H and O–H groups in total. The molecule has 1 aromatic carbocycles. The molecule has 4 rings (SSSR count). The van der Waals surface area contributed by atoms with E-state index in [0.29, 0.717) is 24.0 Å². The molecule has 1 amide bonds. The fraction of sp³-hybridized carbons (Fsp3) is 0.429. The van der Waals surface area contributed by atoms with Crippen molar-refractivity contribution in [1.82, 2.24) is 25.2 Å². The molecule has 3 heterocycles. The zero-order valence-electron chi connectivity index (χ0n) is 16.1. The van der Waals surface area contributed by atoms with Crippen molar-refractivity contribution >= 4 is 27.5 Å². The minimum atomic E-state index is -0.186. The number of para-hydroxylation sites is 1. The minimum Gasteiger partial charge on any atom is -0.351 e. The van der Waals surface area contributed by atoms with Crippen LogP contribution in [0.1, 0.15) is 43.1 Å². The Morgan fingerprint density at radius 3 is 2.96 bits per heavy atom. The van der Waals surface area contributed by atoms with Crippen molar-refractivity contribution in [3.8, 4) is 10.7 Å². The van der Waals surface area contributed by atoms with Gasteiger partial charge in [-0.25, -0.2) is 15.0 Å². The Kier molecular flexibility index (Phi) is 5.92. The van der Waals surface area contributed by atoms with Crippen molar-refractivity contribution in [2.75, 3.05) is 19.6 Å². The first-order valence-corrected chi connectivity index (χ1v) is 10.7. The maximum absolute atomic E-state index is 12.7. The molecule has 0 spiro atoms. The van der Waals surface area contributed by atoms with Gasteiger partial charge in [0.15, 0.2) is 5.69 Å². The smallest absolute Gasteiger partial charge is 0.272 e. The second-order valence-corrected chi connectivity index (χ2v) is 8.26. The molecule has 0 radical (unpaired) electrons. The van der Waals surface area contributed by atoms with Gasteiger partial charge in [-0.15, -0.1) is 11.3 Å². The molecule has 1 aliphatic rings. The number of carbonyl (C=O) groups is 1. The maximum atomic E-state index is 12.7. The fourth-order valence-electron chi connectivity index (χ4n) is 3.69. The molecule has 6 nitrogen and oxygen atoms in total. The number of thiazole rings is 1. The number of fused-ring (bicyclic) bond motifs is 1. The molecular weight excluding hydrogens is 370 g/mol. The zero-order valence-corrected chi connectivity index (χ0v) is 16.9. The van der Waals surface area contributed by atoms with Crippen molar-refractivity contribution in [3.05, 3.63) is 42.4 Å². The van der Waals surface area contributed by atoms with Gasteiger partial charge < -0.3 is 10.2 Å². The summed E-state index contributed by atoms with van der Waals surface area (Å²) < 4.78 is 1.07. The van der Waals surface area contributed by atoms with E-state index in [9.17, 15) is 4.79 Å². The highest BCUT2D eigenvalue weighted by molar-refractivity contribution is 7.21. The van der Waals surface area contributed by atoms with Crippen molar-refractivity contribution in [3.63, 3.8) is 0 Å². The van der Waals surface area contributed by atoms with Gasteiger partial charge in [-0.1, -0.05) is 18.6 Å². The molecule has 0 aliphatic carbocycles. The van der Waals surface area contributed by atoms with E-state index in [1.165, 1.54) is 37.1 Å². The van der Waals surface area contributed by atoms with Crippen molar-refractivity contribution in [2.24, 2.45) is 0 Å². The first-order chi connectivity index (χ1) is 13.7. The molecule has 1 aliphatic heterocycles. The number of benzene rings is 1. The predicted octanol–water partition coefficient (Wildman–Crippen LogP) is 3.75. The van der Waals surface area contributed by atoms with Gasteiger partial charge in [0, 0.05) is 31.5 Å². The molecule has 0 saturated carbocycles. The van der Waals surface area contributed by atoms with Gasteiger partial charge in [0.05, 0.1) is 10.2 Å². The van der Waals surface area contributed by atoms with E-state index in [4.69, 9.17) is 0 Å². The van der Waals surface area contributed by atoms with E-state index in [1.807, 2.05) is 24.3 Å². The fourth-order valence-corrected chi connectivity index (χ4v) is 4.65. The number of aromatic nitrogens is 3. The van der Waals surface area contributed by atoms with Crippen LogP contribution in [0, 0.1) is 0 Å². The Morgan fingerprint density at radius 2 is 2.11 bits per heavy atom. The third kappa shape index (κ3) is 4.20. The lowest BCUT2D eigenvalue weighted by Crippen LogP contribution is -2.39. The van der Waals surface area contributed by atoms with Crippen LogP contribution >= 0.6 is 11.3 Å². The van der Waals surface area contributed by atoms with Crippen LogP contribution in [-0.4, -0.2) is 51.4 Å².